The van der Waals surface area contributed by atoms with E-state index in [-0.39, 0.29) is 11.3 Å². The van der Waals surface area contributed by atoms with E-state index in [9.17, 15) is 14.7 Å². The maximum atomic E-state index is 13.3. The fraction of sp³-hybridized carbons (Fsp3) is 0.407. The Morgan fingerprint density at radius 1 is 1.11 bits per heavy atom. The number of nitrogens with zero attached hydrogens (tertiary/aromatic N) is 1. The highest BCUT2D eigenvalue weighted by Gasteiger charge is 2.47. The molecule has 0 aromatic heterocycles. The number of quaternary nitrogens is 1. The molecule has 2 aromatic carbocycles. The number of ether oxygens (including phenoxy) is 3. The van der Waals surface area contributed by atoms with Crippen molar-refractivity contribution in [2.24, 2.45) is 0 Å². The first-order chi connectivity index (χ1) is 17.0. The summed E-state index contributed by atoms with van der Waals surface area (Å²) in [6.07, 6.45) is 0.732. The van der Waals surface area contributed by atoms with Gasteiger partial charge < -0.3 is 29.1 Å². The van der Waals surface area contributed by atoms with Crippen molar-refractivity contribution in [2.45, 2.75) is 19.4 Å². The number of aliphatic hydroxyl groups is 1. The minimum atomic E-state index is -0.743. The van der Waals surface area contributed by atoms with Crippen molar-refractivity contribution < 1.29 is 33.8 Å². The molecule has 0 radical (unpaired) electrons. The number of likely N-dealkylation sites (tertiary alicyclic amines) is 1. The van der Waals surface area contributed by atoms with Crippen LogP contribution in [-0.4, -0.2) is 75.3 Å². The SMILES string of the molecule is COc1ccc(C(O)=C2C(=O)C(=O)N(CCC[NH+]3CCOCC3)C2c2ccccc2OC)c(C)c1. The van der Waals surface area contributed by atoms with Crippen LogP contribution in [-0.2, 0) is 14.3 Å². The molecular formula is C27H33N2O6+. The fourth-order valence-corrected chi connectivity index (χ4v) is 4.91. The number of ketones is 1. The van der Waals surface area contributed by atoms with E-state index in [0.717, 1.165) is 44.8 Å². The number of methoxy groups -OCH3 is 2. The van der Waals surface area contributed by atoms with Gasteiger partial charge in [-0.2, -0.15) is 0 Å². The second-order valence-corrected chi connectivity index (χ2v) is 8.88. The van der Waals surface area contributed by atoms with Crippen molar-refractivity contribution in [2.75, 3.05) is 53.6 Å². The molecule has 0 bridgehead atoms. The topological polar surface area (TPSA) is 89.7 Å². The van der Waals surface area contributed by atoms with Crippen molar-refractivity contribution in [3.8, 4) is 11.5 Å². The highest BCUT2D eigenvalue weighted by atomic mass is 16.5. The minimum Gasteiger partial charge on any atom is -0.507 e. The van der Waals surface area contributed by atoms with Crippen molar-refractivity contribution in [3.63, 3.8) is 0 Å². The van der Waals surface area contributed by atoms with E-state index in [1.165, 1.54) is 4.90 Å². The number of morpholine rings is 1. The summed E-state index contributed by atoms with van der Waals surface area (Å²) < 4.78 is 16.3. The number of Topliss-reactive ketones (excluding diaryl/α,β-unsaturated/α-hetero) is 1. The minimum absolute atomic E-state index is 0.0755. The van der Waals surface area contributed by atoms with E-state index < -0.39 is 17.7 Å². The molecule has 2 aliphatic rings. The van der Waals surface area contributed by atoms with E-state index in [1.807, 2.05) is 25.1 Å². The Balaban J connectivity index is 1.73. The summed E-state index contributed by atoms with van der Waals surface area (Å²) in [4.78, 5) is 29.6. The number of para-hydroxylation sites is 1. The highest BCUT2D eigenvalue weighted by Crippen LogP contribution is 2.43. The van der Waals surface area contributed by atoms with Crippen LogP contribution in [0.15, 0.2) is 48.0 Å². The Morgan fingerprint density at radius 2 is 1.86 bits per heavy atom. The van der Waals surface area contributed by atoms with Gasteiger partial charge in [0.25, 0.3) is 11.7 Å². The number of nitrogens with one attached hydrogen (secondary N) is 1. The lowest BCUT2D eigenvalue weighted by atomic mass is 9.93. The standard InChI is InChI=1S/C27H32N2O6/c1-18-17-19(33-2)9-10-20(18)25(30)23-24(21-7-4-5-8-22(21)34-3)29(27(32)26(23)31)12-6-11-28-13-15-35-16-14-28/h4-5,7-10,17,24,30H,6,11-16H2,1-3H3/p+1. The van der Waals surface area contributed by atoms with E-state index in [4.69, 9.17) is 14.2 Å². The number of benzene rings is 2. The number of amides is 1. The average Bonchev–Trinajstić information content (AvgIpc) is 3.13. The predicted octanol–water partition coefficient (Wildman–Crippen LogP) is 1.74. The van der Waals surface area contributed by atoms with Crippen molar-refractivity contribution >= 4 is 17.4 Å². The van der Waals surface area contributed by atoms with Crippen LogP contribution in [0, 0.1) is 6.92 Å². The zero-order valence-corrected chi connectivity index (χ0v) is 20.5. The quantitative estimate of drug-likeness (QED) is 0.339. The molecule has 8 nitrogen and oxygen atoms in total. The summed E-state index contributed by atoms with van der Waals surface area (Å²) >= 11 is 0. The normalized spacial score (nSPS) is 20.3. The lowest BCUT2D eigenvalue weighted by Crippen LogP contribution is -3.14. The van der Waals surface area contributed by atoms with Crippen molar-refractivity contribution in [1.82, 2.24) is 4.90 Å². The lowest BCUT2D eigenvalue weighted by molar-refractivity contribution is -0.908. The van der Waals surface area contributed by atoms with E-state index in [2.05, 4.69) is 0 Å². The second kappa shape index (κ2) is 10.9. The first kappa shape index (κ1) is 24.8. The van der Waals surface area contributed by atoms with Crippen molar-refractivity contribution in [1.29, 1.82) is 0 Å². The Labute approximate surface area is 205 Å². The van der Waals surface area contributed by atoms with Gasteiger partial charge in [0, 0.05) is 24.1 Å². The Morgan fingerprint density at radius 3 is 2.54 bits per heavy atom. The maximum absolute atomic E-state index is 13.3. The van der Waals surface area contributed by atoms with Crippen molar-refractivity contribution in [3.05, 3.63) is 64.7 Å². The van der Waals surface area contributed by atoms with Gasteiger partial charge in [-0.1, -0.05) is 18.2 Å². The largest absolute Gasteiger partial charge is 0.507 e. The number of hydrogen-bond donors (Lipinski definition) is 2. The molecular weight excluding hydrogens is 448 g/mol. The van der Waals surface area contributed by atoms with E-state index in [1.54, 1.807) is 43.4 Å². The molecule has 1 amide bonds. The molecule has 0 spiro atoms. The van der Waals surface area contributed by atoms with Gasteiger partial charge in [0.2, 0.25) is 0 Å². The second-order valence-electron chi connectivity index (χ2n) is 8.88. The smallest absolute Gasteiger partial charge is 0.295 e. The van der Waals surface area contributed by atoms with Crippen LogP contribution in [0.2, 0.25) is 0 Å². The lowest BCUT2D eigenvalue weighted by Gasteiger charge is -2.28. The van der Waals surface area contributed by atoms with Gasteiger partial charge in [-0.05, 0) is 36.8 Å². The summed E-state index contributed by atoms with van der Waals surface area (Å²) in [6.45, 7) is 6.46. The molecule has 0 aliphatic carbocycles. The molecule has 2 fully saturated rings. The molecule has 4 rings (SSSR count). The molecule has 0 saturated carbocycles. The summed E-state index contributed by atoms with van der Waals surface area (Å²) in [5.41, 5.74) is 1.97. The van der Waals surface area contributed by atoms with Gasteiger partial charge in [-0.3, -0.25) is 9.59 Å². The Hall–Kier alpha value is -3.36. The molecule has 2 aliphatic heterocycles. The molecule has 2 aromatic rings. The molecule has 2 saturated heterocycles. The maximum Gasteiger partial charge on any atom is 0.295 e. The van der Waals surface area contributed by atoms with Crippen LogP contribution in [0.4, 0.5) is 0 Å². The third-order valence-corrected chi connectivity index (χ3v) is 6.79. The Kier molecular flexibility index (Phi) is 7.73. The third kappa shape index (κ3) is 5.04. The van der Waals surface area contributed by atoms with Crippen LogP contribution in [0.3, 0.4) is 0 Å². The number of hydrogen-bond acceptors (Lipinski definition) is 6. The molecule has 1 unspecified atom stereocenters. The number of carbonyl (C=O) groups excluding carboxylic acids is 2. The molecule has 8 heteroatoms. The van der Waals surface area contributed by atoms with Crippen LogP contribution < -0.4 is 14.4 Å². The fourth-order valence-electron chi connectivity index (χ4n) is 4.91. The molecule has 186 valence electrons. The van der Waals surface area contributed by atoms with Gasteiger partial charge in [0.05, 0.1) is 45.6 Å². The van der Waals surface area contributed by atoms with E-state index >= 15 is 0 Å². The predicted molar refractivity (Wildman–Crippen MR) is 131 cm³/mol. The average molecular weight is 482 g/mol. The molecule has 2 N–H and O–H groups in total. The molecule has 35 heavy (non-hydrogen) atoms. The molecule has 1 atom stereocenters. The van der Waals surface area contributed by atoms with Gasteiger partial charge in [0.15, 0.2) is 0 Å². The van der Waals surface area contributed by atoms with Gasteiger partial charge >= 0.3 is 0 Å². The van der Waals surface area contributed by atoms with Gasteiger partial charge in [-0.15, -0.1) is 0 Å². The number of aliphatic hydroxyl groups excluding tert-OH is 1. The monoisotopic (exact) mass is 481 g/mol. The Bertz CT molecular complexity index is 1120. The summed E-state index contributed by atoms with van der Waals surface area (Å²) in [7, 11) is 3.13. The number of carbonyl (C=O) groups is 2. The van der Waals surface area contributed by atoms with Gasteiger partial charge in [-0.25, -0.2) is 0 Å². The number of rotatable bonds is 8. The van der Waals surface area contributed by atoms with Crippen LogP contribution >= 0.6 is 0 Å². The first-order valence-electron chi connectivity index (χ1n) is 11.9. The zero-order valence-electron chi connectivity index (χ0n) is 20.5. The van der Waals surface area contributed by atoms with E-state index in [0.29, 0.717) is 29.2 Å². The summed E-state index contributed by atoms with van der Waals surface area (Å²) in [5.74, 6) is -0.286. The van der Waals surface area contributed by atoms with Crippen LogP contribution in [0.5, 0.6) is 11.5 Å². The third-order valence-electron chi connectivity index (χ3n) is 6.79. The highest BCUT2D eigenvalue weighted by molar-refractivity contribution is 6.46. The summed E-state index contributed by atoms with van der Waals surface area (Å²) in [5, 5.41) is 11.4. The van der Waals surface area contributed by atoms with Crippen LogP contribution in [0.25, 0.3) is 5.76 Å². The molecule has 2 heterocycles. The van der Waals surface area contributed by atoms with Crippen LogP contribution in [0.1, 0.15) is 29.2 Å². The van der Waals surface area contributed by atoms with Gasteiger partial charge in [0.1, 0.15) is 30.3 Å². The zero-order chi connectivity index (χ0) is 24.9. The number of aryl methyl sites for hydroxylation is 1. The summed E-state index contributed by atoms with van der Waals surface area (Å²) in [6, 6.07) is 11.8. The first-order valence-corrected chi connectivity index (χ1v) is 11.9.